The molecule has 0 unspecified atom stereocenters. The summed E-state index contributed by atoms with van der Waals surface area (Å²) in [5, 5.41) is 45.0. The Labute approximate surface area is 697 Å². The topological polar surface area (TPSA) is 376 Å². The summed E-state index contributed by atoms with van der Waals surface area (Å²) in [6.07, 6.45) is 12.9. The molecule has 19 nitrogen and oxygen atoms in total. The number of sulfone groups is 1. The number of carbonyl (C=O) groups is 5. The van der Waals surface area contributed by atoms with Crippen molar-refractivity contribution in [3.05, 3.63) is 141 Å². The third kappa shape index (κ3) is 47.4. The van der Waals surface area contributed by atoms with E-state index in [0.29, 0.717) is 42.1 Å². The number of pyridine rings is 3. The summed E-state index contributed by atoms with van der Waals surface area (Å²) >= 11 is 42.3. The summed E-state index contributed by atoms with van der Waals surface area (Å²) in [5.41, 5.74) is 29.9. The van der Waals surface area contributed by atoms with Crippen molar-refractivity contribution in [3.8, 4) is 17.2 Å². The number of nitrogens with zero attached hydrogens (tertiary/aromatic N) is 3. The monoisotopic (exact) mass is 1630 g/mol. The second-order valence-electron chi connectivity index (χ2n) is 17.9. The first-order valence-corrected chi connectivity index (χ1v) is 37.6. The molecule has 0 fully saturated rings. The number of halogens is 5. The van der Waals surface area contributed by atoms with Crippen molar-refractivity contribution in [3.63, 3.8) is 0 Å². The van der Waals surface area contributed by atoms with Gasteiger partial charge in [-0.15, -0.1) is 75.8 Å². The summed E-state index contributed by atoms with van der Waals surface area (Å²) in [4.78, 5) is 68.4. The smallest absolute Gasteiger partial charge is 0.857 e. The van der Waals surface area contributed by atoms with E-state index in [4.69, 9.17) is 102 Å². The average molecular weight is 1630 g/mol. The number of nitrogen functional groups attached to an aromatic ring is 2. The van der Waals surface area contributed by atoms with Crippen molar-refractivity contribution in [2.45, 2.75) is 83.1 Å². The molecule has 7 aromatic rings. The van der Waals surface area contributed by atoms with Crippen molar-refractivity contribution in [1.82, 2.24) is 15.0 Å². The molecular formula is C60H75BCl5N8Na3O11S9. The van der Waals surface area contributed by atoms with E-state index in [1.807, 2.05) is 83.0 Å². The Kier molecular flexibility index (Phi) is 66.9. The Bertz CT molecular complexity index is 3850. The van der Waals surface area contributed by atoms with Crippen molar-refractivity contribution >= 4 is 235 Å². The number of thioether (sulfide) groups is 4. The Morgan fingerprint density at radius 3 is 1.43 bits per heavy atom. The van der Waals surface area contributed by atoms with Gasteiger partial charge in [-0.1, -0.05) is 121 Å². The van der Waals surface area contributed by atoms with Crippen LogP contribution in [0.15, 0.2) is 113 Å². The number of amides is 2. The maximum Gasteiger partial charge on any atom is 1.00 e. The summed E-state index contributed by atoms with van der Waals surface area (Å²) in [5.74, 6) is -1.11. The number of H-pyrrole nitrogens is 1. The van der Waals surface area contributed by atoms with Crippen molar-refractivity contribution in [2.75, 3.05) is 56.1 Å². The van der Waals surface area contributed by atoms with Crippen LogP contribution >= 0.6 is 140 Å². The maximum absolute atomic E-state index is 11.6. The van der Waals surface area contributed by atoms with Crippen LogP contribution in [0.1, 0.15) is 82.2 Å². The Hall–Kier alpha value is -1.66. The maximum atomic E-state index is 11.6. The molecular weight excluding hydrogens is 1550 g/mol. The largest absolute Gasteiger partial charge is 1.00 e. The average Bonchev–Trinajstić information content (AvgIpc) is 1.64. The van der Waals surface area contributed by atoms with E-state index in [0.717, 1.165) is 88.8 Å². The number of thiophene rings is 2. The first-order chi connectivity index (χ1) is 43.6. The van der Waals surface area contributed by atoms with Gasteiger partial charge in [0.1, 0.15) is 40.2 Å². The van der Waals surface area contributed by atoms with Gasteiger partial charge in [-0.25, -0.2) is 18.4 Å². The Morgan fingerprint density at radius 2 is 1.12 bits per heavy atom. The van der Waals surface area contributed by atoms with Crippen LogP contribution in [-0.4, -0.2) is 120 Å². The Morgan fingerprint density at radius 1 is 0.742 bits per heavy atom. The molecule has 0 atom stereocenters. The van der Waals surface area contributed by atoms with E-state index in [1.54, 1.807) is 105 Å². The van der Waals surface area contributed by atoms with Gasteiger partial charge >= 0.3 is 95.8 Å². The zero-order valence-corrected chi connectivity index (χ0v) is 74.3. The van der Waals surface area contributed by atoms with Gasteiger partial charge in [0.05, 0.1) is 20.8 Å². The number of anilines is 2. The van der Waals surface area contributed by atoms with Gasteiger partial charge in [0.25, 0.3) is 11.8 Å². The van der Waals surface area contributed by atoms with Crippen molar-refractivity contribution in [2.24, 2.45) is 11.5 Å². The van der Waals surface area contributed by atoms with Crippen LogP contribution in [0.2, 0.25) is 0 Å². The van der Waals surface area contributed by atoms with E-state index in [1.165, 1.54) is 36.9 Å². The number of aromatic nitrogens is 3. The molecule has 7 rings (SSSR count). The number of aromatic amines is 1. The van der Waals surface area contributed by atoms with Crippen LogP contribution in [0, 0.1) is 43.7 Å². The molecule has 97 heavy (non-hydrogen) atoms. The van der Waals surface area contributed by atoms with Crippen LogP contribution < -0.4 is 127 Å². The van der Waals surface area contributed by atoms with Crippen LogP contribution in [-0.2, 0) is 36.8 Å². The number of primary amides is 2. The molecule has 0 aliphatic carbocycles. The van der Waals surface area contributed by atoms with E-state index >= 15 is 0 Å². The fourth-order valence-electron chi connectivity index (χ4n) is 6.27. The van der Waals surface area contributed by atoms with E-state index in [-0.39, 0.29) is 124 Å². The molecule has 516 valence electrons. The summed E-state index contributed by atoms with van der Waals surface area (Å²) in [7, 11) is -3.86. The molecule has 0 saturated heterocycles. The van der Waals surface area contributed by atoms with E-state index in [9.17, 15) is 37.5 Å². The number of rotatable bonds is 11. The second-order valence-corrected chi connectivity index (χ2v) is 28.6. The molecule has 2 amide bonds. The standard InChI is InChI=1S/C16H15N3O3S2.C10H11N3OS2.C8H8N2S2.C7H9BO2.C6H10OS2.C4H4Cl2O.C3H7O.C2H2Cl2.C2H3ClO.CH3O.CH4S.3Na/c1-8-7-11(9-3-5-10(6-4-9)24(2,21)22)12-13(17)14(15(18)20)23-16(12)19-8;1-4-3-5(15-2)6-7(11)8(9(12)14)16-10(6)13-4;1-5-3-7(12-2)6(4-9)8(11)10-5;1-6-2-4-7(5-3-6)8(9)10;1-5(7)4-6(8-2)9-3;1-3(7)2-4(5)6;1-3(2)4;2*1-2(3)4;2*1-2;;;/h3-7H,17H2,1-2H3,(H2,18,20);3H,11H2,1-2H3,(H2,12,14);3H,1-2H3,(H,10,11);2-5,9-10H,1H3;4H,1-3H3;2H,1H3;3H,1-2H3;1H2;1H3;1H3;2H,1H3;;;/q;;;;;;-1;;;-1;;3*+1/p-1. The molecule has 0 saturated carbocycles. The normalized spacial score (nSPS) is 9.26. The van der Waals surface area contributed by atoms with E-state index < -0.39 is 34.9 Å². The summed E-state index contributed by atoms with van der Waals surface area (Å²) in [6.45, 7) is 18.2. The van der Waals surface area contributed by atoms with Gasteiger partial charge in [-0.2, -0.15) is 18.6 Å². The van der Waals surface area contributed by atoms with Crippen LogP contribution in [0.4, 0.5) is 11.4 Å². The van der Waals surface area contributed by atoms with Crippen molar-refractivity contribution < 1.29 is 141 Å². The van der Waals surface area contributed by atoms with E-state index in [2.05, 4.69) is 51.8 Å². The molecule has 5 heterocycles. The zero-order chi connectivity index (χ0) is 74.1. The number of benzene rings is 2. The zero-order valence-electron chi connectivity index (χ0n) is 57.2. The number of nitriles is 1. The predicted molar refractivity (Wildman–Crippen MR) is 407 cm³/mol. The molecule has 0 spiro atoms. The first kappa shape index (κ1) is 109. The molecule has 11 N–H and O–H groups in total. The minimum absolute atomic E-state index is 0. The van der Waals surface area contributed by atoms with Gasteiger partial charge in [0, 0.05) is 67.2 Å². The SMILES string of the molecule is C=C(Cl)Cl.CC(=O)C=C(Cl)Cl.CC(=O)Cl.CC(C)[O-].CSC(=CC(C)=O)SC.CSc1cc(C)[nH]c(=S)c1C#N.CSc1cc(C)nc2sc(C(N)=O)c(N)c12.C[O-].C[S-].Cc1cc(-c2ccc(S(C)(=O)=O)cc2)c2c(N)c(C(N)=O)sc2n1.Cc1ccc(B(O)O)cc1.[Na+].[Na+].[Na+]. The third-order valence-corrected chi connectivity index (χ3v) is 17.2. The quantitative estimate of drug-likeness (QED) is 0.0244. The number of hydrogen-bond acceptors (Lipinski definition) is 24. The number of fused-ring (bicyclic) bond motifs is 2. The van der Waals surface area contributed by atoms with Gasteiger partial charge in [-0.05, 0) is 125 Å². The molecule has 0 bridgehead atoms. The number of allylic oxidation sites excluding steroid dienone is 2. The Balaban J connectivity index is -0.000000198. The minimum Gasteiger partial charge on any atom is -0.857 e. The number of nitrogens with one attached hydrogen (secondary N) is 1. The molecule has 37 heteroatoms. The summed E-state index contributed by atoms with van der Waals surface area (Å²) < 4.78 is 24.9. The minimum atomic E-state index is -3.26. The number of nitrogens with two attached hydrogens (primary N) is 4. The van der Waals surface area contributed by atoms with Crippen LogP contribution in [0.25, 0.3) is 31.6 Å². The predicted octanol–water partition coefficient (Wildman–Crippen LogP) is 3.34. The fraction of sp³-hybridized carbons (Fsp3) is 0.283. The number of ketones is 2. The van der Waals surface area contributed by atoms with Gasteiger partial charge in [-0.3, -0.25) is 24.0 Å². The molecule has 2 aromatic carbocycles. The van der Waals surface area contributed by atoms with Crippen molar-refractivity contribution in [1.29, 1.82) is 5.26 Å². The van der Waals surface area contributed by atoms with Crippen LogP contribution in [0.3, 0.4) is 0 Å². The number of hydrogen-bond donors (Lipinski definition) is 7. The van der Waals surface area contributed by atoms with Gasteiger partial charge in [0.2, 0.25) is 5.24 Å². The molecule has 0 radical (unpaired) electrons. The third-order valence-electron chi connectivity index (χ3n) is 9.75. The summed E-state index contributed by atoms with van der Waals surface area (Å²) in [6, 6.07) is 21.4. The second kappa shape index (κ2) is 59.7. The van der Waals surface area contributed by atoms with Gasteiger partial charge < -0.3 is 60.8 Å². The van der Waals surface area contributed by atoms with Crippen LogP contribution in [0.5, 0.6) is 0 Å². The number of carbonyl (C=O) groups excluding carboxylic acids is 5. The molecule has 5 aromatic heterocycles. The first-order valence-electron chi connectivity index (χ1n) is 26.0. The molecule has 0 aliphatic rings. The van der Waals surface area contributed by atoms with Gasteiger partial charge in [0.15, 0.2) is 21.4 Å². The molecule has 0 aliphatic heterocycles. The number of aryl methyl sites for hydroxylation is 4. The fourth-order valence-corrected chi connectivity index (χ4v) is 12.3.